The molecule has 0 saturated heterocycles. The van der Waals surface area contributed by atoms with Gasteiger partial charge in [-0.1, -0.05) is 12.1 Å². The number of ether oxygens (including phenoxy) is 1. The second kappa shape index (κ2) is 4.25. The Morgan fingerprint density at radius 1 is 0.882 bits per heavy atom. The Labute approximate surface area is 98.3 Å². The van der Waals surface area contributed by atoms with Crippen LogP contribution in [0.5, 0.6) is 23.0 Å². The number of phenols is 3. The minimum atomic E-state index is -0.282. The lowest BCUT2D eigenvalue weighted by atomic mass is 10.0. The summed E-state index contributed by atoms with van der Waals surface area (Å²) in [5, 5.41) is 28.2. The molecule has 0 spiro atoms. The van der Waals surface area contributed by atoms with Gasteiger partial charge >= 0.3 is 0 Å². The van der Waals surface area contributed by atoms with Crippen molar-refractivity contribution in [2.24, 2.45) is 0 Å². The summed E-state index contributed by atoms with van der Waals surface area (Å²) < 4.78 is 4.95. The summed E-state index contributed by atoms with van der Waals surface area (Å²) in [7, 11) is 1.41. The maximum absolute atomic E-state index is 9.55. The minimum absolute atomic E-state index is 0.170. The van der Waals surface area contributed by atoms with E-state index in [1.807, 2.05) is 0 Å². The average Bonchev–Trinajstić information content (AvgIpc) is 2.33. The Morgan fingerprint density at radius 3 is 2.12 bits per heavy atom. The highest BCUT2D eigenvalue weighted by atomic mass is 16.5. The van der Waals surface area contributed by atoms with Crippen LogP contribution < -0.4 is 4.74 Å². The van der Waals surface area contributed by atoms with Crippen LogP contribution >= 0.6 is 0 Å². The second-order valence-electron chi connectivity index (χ2n) is 3.59. The fourth-order valence-corrected chi connectivity index (χ4v) is 1.57. The van der Waals surface area contributed by atoms with Gasteiger partial charge in [-0.2, -0.15) is 0 Å². The van der Waals surface area contributed by atoms with E-state index in [9.17, 15) is 15.3 Å². The highest BCUT2D eigenvalue weighted by molar-refractivity contribution is 5.70. The minimum Gasteiger partial charge on any atom is -0.508 e. The van der Waals surface area contributed by atoms with Crippen molar-refractivity contribution in [2.75, 3.05) is 7.11 Å². The first-order valence-corrected chi connectivity index (χ1v) is 5.01. The first kappa shape index (κ1) is 11.1. The summed E-state index contributed by atoms with van der Waals surface area (Å²) in [4.78, 5) is 0. The molecule has 0 amide bonds. The summed E-state index contributed by atoms with van der Waals surface area (Å²) in [6.07, 6.45) is 0. The van der Waals surface area contributed by atoms with Crippen LogP contribution in [0.4, 0.5) is 0 Å². The van der Waals surface area contributed by atoms with Crippen LogP contribution in [0, 0.1) is 0 Å². The molecule has 88 valence electrons. The highest BCUT2D eigenvalue weighted by Gasteiger charge is 2.10. The molecular weight excluding hydrogens is 220 g/mol. The van der Waals surface area contributed by atoms with Crippen LogP contribution in [0.3, 0.4) is 0 Å². The van der Waals surface area contributed by atoms with Gasteiger partial charge in [0.05, 0.1) is 7.11 Å². The first-order chi connectivity index (χ1) is 8.11. The molecule has 0 heterocycles. The molecule has 0 aliphatic rings. The Bertz CT molecular complexity index is 532. The lowest BCUT2D eigenvalue weighted by Gasteiger charge is -2.09. The summed E-state index contributed by atoms with van der Waals surface area (Å²) in [6.45, 7) is 0. The molecule has 4 nitrogen and oxygen atoms in total. The third-order valence-electron chi connectivity index (χ3n) is 2.48. The second-order valence-corrected chi connectivity index (χ2v) is 3.59. The van der Waals surface area contributed by atoms with E-state index in [4.69, 9.17) is 4.74 Å². The molecule has 0 aliphatic carbocycles. The fraction of sp³-hybridized carbons (Fsp3) is 0.0769. The maximum Gasteiger partial charge on any atom is 0.200 e. The molecule has 0 unspecified atom stereocenters. The zero-order valence-corrected chi connectivity index (χ0v) is 9.21. The molecule has 17 heavy (non-hydrogen) atoms. The first-order valence-electron chi connectivity index (χ1n) is 5.01. The fourth-order valence-electron chi connectivity index (χ4n) is 1.57. The molecule has 2 aromatic rings. The number of hydrogen-bond acceptors (Lipinski definition) is 4. The standard InChI is InChI=1S/C13H12O4/c1-17-12-7-9(6-11(15)13(12)16)8-2-4-10(14)5-3-8/h2-7,14-16H,1H3. The average molecular weight is 232 g/mol. The number of hydrogen-bond donors (Lipinski definition) is 3. The van der Waals surface area contributed by atoms with Crippen LogP contribution in [0.1, 0.15) is 0 Å². The van der Waals surface area contributed by atoms with Crippen LogP contribution in [0.25, 0.3) is 11.1 Å². The molecule has 0 saturated carbocycles. The summed E-state index contributed by atoms with van der Waals surface area (Å²) in [6, 6.07) is 9.56. The molecule has 3 N–H and O–H groups in total. The van der Waals surface area contributed by atoms with Crippen LogP contribution in [-0.4, -0.2) is 22.4 Å². The maximum atomic E-state index is 9.55. The van der Waals surface area contributed by atoms with Gasteiger partial charge in [0, 0.05) is 0 Å². The number of aromatic hydroxyl groups is 3. The van der Waals surface area contributed by atoms with Crippen LogP contribution in [0.2, 0.25) is 0 Å². The van der Waals surface area contributed by atoms with Gasteiger partial charge in [-0.3, -0.25) is 0 Å². The third kappa shape index (κ3) is 2.10. The normalized spacial score (nSPS) is 10.2. The van der Waals surface area contributed by atoms with E-state index in [-0.39, 0.29) is 23.0 Å². The van der Waals surface area contributed by atoms with Crippen molar-refractivity contribution >= 4 is 0 Å². The van der Waals surface area contributed by atoms with Gasteiger partial charge in [0.15, 0.2) is 11.5 Å². The monoisotopic (exact) mass is 232 g/mol. The highest BCUT2D eigenvalue weighted by Crippen LogP contribution is 2.39. The lowest BCUT2D eigenvalue weighted by Crippen LogP contribution is -1.86. The van der Waals surface area contributed by atoms with Crippen molar-refractivity contribution in [3.63, 3.8) is 0 Å². The number of phenolic OH excluding ortho intramolecular Hbond substituents is 3. The molecule has 0 aliphatic heterocycles. The SMILES string of the molecule is COc1cc(-c2ccc(O)cc2)cc(O)c1O. The van der Waals surface area contributed by atoms with Crippen molar-refractivity contribution in [3.05, 3.63) is 36.4 Å². The number of rotatable bonds is 2. The molecular formula is C13H12O4. The van der Waals surface area contributed by atoms with E-state index in [0.29, 0.717) is 5.56 Å². The van der Waals surface area contributed by atoms with Crippen LogP contribution in [0.15, 0.2) is 36.4 Å². The van der Waals surface area contributed by atoms with Crippen molar-refractivity contribution in [1.82, 2.24) is 0 Å². The van der Waals surface area contributed by atoms with Crippen molar-refractivity contribution < 1.29 is 20.1 Å². The predicted octanol–water partition coefficient (Wildman–Crippen LogP) is 2.48. The Morgan fingerprint density at radius 2 is 1.53 bits per heavy atom. The van der Waals surface area contributed by atoms with Crippen molar-refractivity contribution in [3.8, 4) is 34.1 Å². The van der Waals surface area contributed by atoms with Gasteiger partial charge in [0.2, 0.25) is 5.75 Å². The van der Waals surface area contributed by atoms with Crippen LogP contribution in [-0.2, 0) is 0 Å². The molecule has 0 fully saturated rings. The topological polar surface area (TPSA) is 69.9 Å². The molecule has 2 rings (SSSR count). The van der Waals surface area contributed by atoms with E-state index in [1.165, 1.54) is 13.2 Å². The molecule has 4 heteroatoms. The van der Waals surface area contributed by atoms with Gasteiger partial charge in [-0.15, -0.1) is 0 Å². The molecule has 0 bridgehead atoms. The van der Waals surface area contributed by atoms with E-state index < -0.39 is 0 Å². The van der Waals surface area contributed by atoms with E-state index in [2.05, 4.69) is 0 Å². The quantitative estimate of drug-likeness (QED) is 0.696. The predicted molar refractivity (Wildman–Crippen MR) is 63.4 cm³/mol. The lowest BCUT2D eigenvalue weighted by molar-refractivity contribution is 0.351. The smallest absolute Gasteiger partial charge is 0.200 e. The van der Waals surface area contributed by atoms with Gasteiger partial charge in [0.25, 0.3) is 0 Å². The number of methoxy groups -OCH3 is 1. The van der Waals surface area contributed by atoms with E-state index in [1.54, 1.807) is 30.3 Å². The van der Waals surface area contributed by atoms with E-state index >= 15 is 0 Å². The molecule has 0 radical (unpaired) electrons. The summed E-state index contributed by atoms with van der Waals surface area (Å²) in [5.74, 6) is -0.153. The van der Waals surface area contributed by atoms with Gasteiger partial charge in [-0.25, -0.2) is 0 Å². The Balaban J connectivity index is 2.52. The summed E-state index contributed by atoms with van der Waals surface area (Å²) in [5.41, 5.74) is 1.49. The Kier molecular flexibility index (Phi) is 2.78. The number of benzene rings is 2. The molecule has 2 aromatic carbocycles. The Hall–Kier alpha value is -2.36. The van der Waals surface area contributed by atoms with Gasteiger partial charge in [0.1, 0.15) is 5.75 Å². The van der Waals surface area contributed by atoms with Gasteiger partial charge in [-0.05, 0) is 35.4 Å². The van der Waals surface area contributed by atoms with Gasteiger partial charge < -0.3 is 20.1 Å². The molecule has 0 aromatic heterocycles. The molecule has 0 atom stereocenters. The summed E-state index contributed by atoms with van der Waals surface area (Å²) >= 11 is 0. The largest absolute Gasteiger partial charge is 0.508 e. The third-order valence-corrected chi connectivity index (χ3v) is 2.48. The zero-order chi connectivity index (χ0) is 12.4. The van der Waals surface area contributed by atoms with Crippen molar-refractivity contribution in [2.45, 2.75) is 0 Å². The van der Waals surface area contributed by atoms with E-state index in [0.717, 1.165) is 5.56 Å². The zero-order valence-electron chi connectivity index (χ0n) is 9.21. The van der Waals surface area contributed by atoms with Crippen molar-refractivity contribution in [1.29, 1.82) is 0 Å².